The number of amides is 1. The summed E-state index contributed by atoms with van der Waals surface area (Å²) in [5, 5.41) is 3.03. The third kappa shape index (κ3) is 6.09. The van der Waals surface area contributed by atoms with Crippen LogP contribution >= 0.6 is 0 Å². The summed E-state index contributed by atoms with van der Waals surface area (Å²) in [6.45, 7) is 2.18. The Labute approximate surface area is 207 Å². The summed E-state index contributed by atoms with van der Waals surface area (Å²) in [6, 6.07) is 3.14. The lowest BCUT2D eigenvalue weighted by molar-refractivity contribution is -0.143. The van der Waals surface area contributed by atoms with Crippen LogP contribution in [0.3, 0.4) is 0 Å². The monoisotopic (exact) mass is 514 g/mol. The van der Waals surface area contributed by atoms with Crippen molar-refractivity contribution in [3.8, 4) is 11.3 Å². The molecule has 0 saturated heterocycles. The average molecular weight is 515 g/mol. The van der Waals surface area contributed by atoms with Crippen LogP contribution in [0.2, 0.25) is 0 Å². The molecular weight excluding hydrogens is 482 g/mol. The van der Waals surface area contributed by atoms with E-state index in [0.717, 1.165) is 76.3 Å². The molecule has 0 unspecified atom stereocenters. The molecule has 198 valence electrons. The van der Waals surface area contributed by atoms with Gasteiger partial charge in [-0.3, -0.25) is 4.79 Å². The molecule has 2 aromatic rings. The van der Waals surface area contributed by atoms with Crippen molar-refractivity contribution in [3.05, 3.63) is 46.6 Å². The van der Waals surface area contributed by atoms with E-state index in [2.05, 4.69) is 5.32 Å². The molecule has 1 heterocycles. The molecule has 0 atom stereocenters. The molecule has 0 radical (unpaired) electrons. The largest absolute Gasteiger partial charge is 0.416 e. The molecule has 1 aromatic carbocycles. The maximum absolute atomic E-state index is 13.6. The summed E-state index contributed by atoms with van der Waals surface area (Å²) in [5.41, 5.74) is -1.82. The van der Waals surface area contributed by atoms with Gasteiger partial charge in [-0.15, -0.1) is 0 Å². The Balaban J connectivity index is 1.79. The van der Waals surface area contributed by atoms with Crippen LogP contribution in [0.25, 0.3) is 11.3 Å². The molecule has 4 rings (SSSR count). The number of alkyl halides is 6. The van der Waals surface area contributed by atoms with Crippen molar-refractivity contribution >= 4 is 5.91 Å². The molecule has 0 spiro atoms. The number of nitrogens with one attached hydrogen (secondary N) is 1. The Bertz CT molecular complexity index is 1040. The van der Waals surface area contributed by atoms with E-state index in [1.54, 1.807) is 11.5 Å². The Kier molecular flexibility index (Phi) is 7.76. The topological polar surface area (TPSA) is 34.0 Å². The highest BCUT2D eigenvalue weighted by atomic mass is 19.4. The number of hydrogen-bond acceptors (Lipinski definition) is 1. The number of halogens is 6. The quantitative estimate of drug-likeness (QED) is 0.402. The van der Waals surface area contributed by atoms with Crippen LogP contribution in [0.15, 0.2) is 24.3 Å². The normalized spacial score (nSPS) is 18.4. The molecule has 0 bridgehead atoms. The predicted molar refractivity (Wildman–Crippen MR) is 126 cm³/mol. The lowest BCUT2D eigenvalue weighted by Crippen LogP contribution is -2.36. The highest BCUT2D eigenvalue weighted by Crippen LogP contribution is 2.40. The number of benzene rings is 1. The smallest absolute Gasteiger partial charge is 0.349 e. The molecule has 0 aliphatic heterocycles. The van der Waals surface area contributed by atoms with Crippen LogP contribution in [-0.4, -0.2) is 16.5 Å². The van der Waals surface area contributed by atoms with Gasteiger partial charge in [0.1, 0.15) is 0 Å². The van der Waals surface area contributed by atoms with Crippen molar-refractivity contribution in [1.82, 2.24) is 9.88 Å². The third-order valence-electron chi connectivity index (χ3n) is 7.60. The zero-order chi connectivity index (χ0) is 26.1. The van der Waals surface area contributed by atoms with Gasteiger partial charge in [0.2, 0.25) is 0 Å². The third-order valence-corrected chi connectivity index (χ3v) is 7.60. The van der Waals surface area contributed by atoms with Gasteiger partial charge in [0.15, 0.2) is 0 Å². The fourth-order valence-corrected chi connectivity index (χ4v) is 5.59. The Hall–Kier alpha value is -2.45. The Morgan fingerprint density at radius 1 is 0.833 bits per heavy atom. The molecule has 2 fully saturated rings. The van der Waals surface area contributed by atoms with E-state index in [-0.39, 0.29) is 35.2 Å². The van der Waals surface area contributed by atoms with E-state index >= 15 is 0 Å². The summed E-state index contributed by atoms with van der Waals surface area (Å²) in [4.78, 5) is 13.2. The number of rotatable bonds is 5. The zero-order valence-electron chi connectivity index (χ0n) is 20.4. The minimum absolute atomic E-state index is 0.0289. The van der Waals surface area contributed by atoms with Crippen molar-refractivity contribution < 1.29 is 31.1 Å². The summed E-state index contributed by atoms with van der Waals surface area (Å²) in [5.74, 6) is -0.0724. The van der Waals surface area contributed by atoms with E-state index in [1.165, 1.54) is 6.07 Å². The lowest BCUT2D eigenvalue weighted by atomic mass is 9.89. The van der Waals surface area contributed by atoms with Crippen LogP contribution in [0, 0.1) is 12.8 Å². The average Bonchev–Trinajstić information content (AvgIpc) is 3.15. The standard InChI is InChI=1S/C27H32F6N2O/c1-17-23(25(36)34-22-10-6-3-7-11-22)15-24(35(17)16-18-8-4-2-5-9-18)19-12-20(26(28,29)30)14-21(13-19)27(31,32)33/h12-15,18,22H,2-11,16H2,1H3,(H,34,36). The summed E-state index contributed by atoms with van der Waals surface area (Å²) in [7, 11) is 0. The van der Waals surface area contributed by atoms with E-state index in [9.17, 15) is 31.1 Å². The first-order valence-electron chi connectivity index (χ1n) is 12.7. The van der Waals surface area contributed by atoms with Crippen LogP contribution in [0.5, 0.6) is 0 Å². The molecule has 3 nitrogen and oxygen atoms in total. The fraction of sp³-hybridized carbons (Fsp3) is 0.593. The molecule has 9 heteroatoms. The van der Waals surface area contributed by atoms with Crippen LogP contribution < -0.4 is 5.32 Å². The number of carbonyl (C=O) groups is 1. The van der Waals surface area contributed by atoms with Gasteiger partial charge in [-0.05, 0) is 68.4 Å². The highest BCUT2D eigenvalue weighted by molar-refractivity contribution is 5.97. The first kappa shape index (κ1) is 26.6. The number of carbonyl (C=O) groups excluding carboxylic acids is 1. The Morgan fingerprint density at radius 2 is 1.36 bits per heavy atom. The van der Waals surface area contributed by atoms with Gasteiger partial charge in [-0.2, -0.15) is 26.3 Å². The second-order valence-corrected chi connectivity index (χ2v) is 10.2. The van der Waals surface area contributed by atoms with Gasteiger partial charge in [0.25, 0.3) is 5.91 Å². The fourth-order valence-electron chi connectivity index (χ4n) is 5.59. The van der Waals surface area contributed by atoms with Gasteiger partial charge in [-0.25, -0.2) is 0 Å². The molecular formula is C27H32F6N2O. The molecule has 1 aromatic heterocycles. The second kappa shape index (κ2) is 10.5. The lowest BCUT2D eigenvalue weighted by Gasteiger charge is -2.25. The van der Waals surface area contributed by atoms with Crippen molar-refractivity contribution in [2.24, 2.45) is 5.92 Å². The minimum Gasteiger partial charge on any atom is -0.349 e. The number of nitrogens with zero attached hydrogens (tertiary/aromatic N) is 1. The van der Waals surface area contributed by atoms with Crippen LogP contribution in [-0.2, 0) is 18.9 Å². The zero-order valence-corrected chi connectivity index (χ0v) is 20.4. The van der Waals surface area contributed by atoms with E-state index in [4.69, 9.17) is 0 Å². The predicted octanol–water partition coefficient (Wildman–Crippen LogP) is 8.14. The van der Waals surface area contributed by atoms with E-state index in [1.807, 2.05) is 0 Å². The van der Waals surface area contributed by atoms with Gasteiger partial charge < -0.3 is 9.88 Å². The maximum Gasteiger partial charge on any atom is 0.416 e. The first-order valence-corrected chi connectivity index (χ1v) is 12.7. The molecule has 1 N–H and O–H groups in total. The van der Waals surface area contributed by atoms with Gasteiger partial charge in [-0.1, -0.05) is 38.5 Å². The summed E-state index contributed by atoms with van der Waals surface area (Å²) < 4.78 is 83.1. The minimum atomic E-state index is -4.94. The molecule has 36 heavy (non-hydrogen) atoms. The van der Waals surface area contributed by atoms with Crippen molar-refractivity contribution in [1.29, 1.82) is 0 Å². The first-order chi connectivity index (χ1) is 16.9. The highest BCUT2D eigenvalue weighted by Gasteiger charge is 2.37. The van der Waals surface area contributed by atoms with E-state index in [0.29, 0.717) is 17.8 Å². The summed E-state index contributed by atoms with van der Waals surface area (Å²) in [6.07, 6.45) is 0.0785. The number of aromatic nitrogens is 1. The second-order valence-electron chi connectivity index (χ2n) is 10.2. The van der Waals surface area contributed by atoms with Crippen LogP contribution in [0.4, 0.5) is 26.3 Å². The van der Waals surface area contributed by atoms with Gasteiger partial charge in [0, 0.05) is 24.0 Å². The van der Waals surface area contributed by atoms with Gasteiger partial charge >= 0.3 is 12.4 Å². The van der Waals surface area contributed by atoms with Crippen molar-refractivity contribution in [2.45, 2.75) is 96.1 Å². The van der Waals surface area contributed by atoms with Crippen molar-refractivity contribution in [3.63, 3.8) is 0 Å². The molecule has 2 saturated carbocycles. The maximum atomic E-state index is 13.6. The van der Waals surface area contributed by atoms with Crippen molar-refractivity contribution in [2.75, 3.05) is 0 Å². The number of hydrogen-bond donors (Lipinski definition) is 1. The molecule has 1 amide bonds. The van der Waals surface area contributed by atoms with Crippen LogP contribution in [0.1, 0.15) is 91.4 Å². The van der Waals surface area contributed by atoms with E-state index < -0.39 is 23.5 Å². The molecule has 2 aliphatic carbocycles. The summed E-state index contributed by atoms with van der Waals surface area (Å²) >= 11 is 0. The Morgan fingerprint density at radius 3 is 1.89 bits per heavy atom. The SMILES string of the molecule is Cc1c(C(=O)NC2CCCCC2)cc(-c2cc(C(F)(F)F)cc(C(F)(F)F)c2)n1CC1CCCCC1. The van der Waals surface area contributed by atoms with Gasteiger partial charge in [0.05, 0.1) is 16.7 Å². The molecule has 2 aliphatic rings.